The van der Waals surface area contributed by atoms with Crippen LogP contribution in [0.1, 0.15) is 41.7 Å². The number of benzene rings is 2. The molecule has 3 heterocycles. The summed E-state index contributed by atoms with van der Waals surface area (Å²) in [6.07, 6.45) is 7.00. The molecule has 172 valence electrons. The van der Waals surface area contributed by atoms with Gasteiger partial charge >= 0.3 is 203 Å². The van der Waals surface area contributed by atoms with Gasteiger partial charge in [-0.2, -0.15) is 0 Å². The van der Waals surface area contributed by atoms with Gasteiger partial charge in [-0.05, 0) is 0 Å². The summed E-state index contributed by atoms with van der Waals surface area (Å²) in [7, 11) is 4.17. The molecule has 2 aliphatic heterocycles. The van der Waals surface area contributed by atoms with E-state index in [2.05, 4.69) is 7.49 Å². The van der Waals surface area contributed by atoms with Gasteiger partial charge < -0.3 is 0 Å². The molecule has 1 saturated heterocycles. The van der Waals surface area contributed by atoms with Crippen LogP contribution in [0.4, 0.5) is 14.5 Å². The van der Waals surface area contributed by atoms with Crippen molar-refractivity contribution in [2.75, 3.05) is 11.5 Å². The van der Waals surface area contributed by atoms with Gasteiger partial charge in [-0.3, -0.25) is 0 Å². The Labute approximate surface area is 202 Å². The second kappa shape index (κ2) is 8.97. The first-order valence-corrected chi connectivity index (χ1v) is 11.4. The number of oxazole rings is 1. The first-order chi connectivity index (χ1) is 16.3. The quantitative estimate of drug-likeness (QED) is 0.419. The number of allylic oxidation sites excluding steroid dienone is 2. The number of rotatable bonds is 4. The number of aromatic nitrogens is 1. The number of aryl methyl sites for hydroxylation is 2. The van der Waals surface area contributed by atoms with Gasteiger partial charge in [0.05, 0.1) is 0 Å². The third kappa shape index (κ3) is 4.14. The Kier molecular flexibility index (Phi) is 6.00. The molecule has 3 aromatic rings. The molecular formula is C26H22BClF2N2O2. The molecule has 1 atom stereocenters. The fraction of sp³-hybridized carbons (Fsp3) is 0.231. The van der Waals surface area contributed by atoms with E-state index in [-0.39, 0.29) is 17.4 Å². The van der Waals surface area contributed by atoms with Crippen LogP contribution in [0.3, 0.4) is 0 Å². The van der Waals surface area contributed by atoms with Crippen LogP contribution in [0.2, 0.25) is 5.02 Å². The molecular weight excluding hydrogens is 457 g/mol. The summed E-state index contributed by atoms with van der Waals surface area (Å²) >= 11 is 6.23. The molecule has 2 aliphatic rings. The molecule has 0 spiro atoms. The first kappa shape index (κ1) is 22.8. The van der Waals surface area contributed by atoms with E-state index < -0.39 is 11.6 Å². The van der Waals surface area contributed by atoms with E-state index in [9.17, 15) is 8.78 Å². The molecule has 0 aliphatic carbocycles. The minimum absolute atomic E-state index is 0.136. The fourth-order valence-corrected chi connectivity index (χ4v) is 4.79. The van der Waals surface area contributed by atoms with Crippen LogP contribution in [-0.2, 0) is 4.74 Å². The number of ether oxygens (including phenoxy) is 1. The van der Waals surface area contributed by atoms with Crippen molar-refractivity contribution in [3.63, 3.8) is 0 Å². The van der Waals surface area contributed by atoms with Crippen molar-refractivity contribution in [1.29, 1.82) is 0 Å². The van der Waals surface area contributed by atoms with E-state index in [0.717, 1.165) is 41.3 Å². The molecule has 0 N–H and O–H groups in total. The van der Waals surface area contributed by atoms with Gasteiger partial charge in [0.15, 0.2) is 0 Å². The Hall–Kier alpha value is -3.03. The standard InChI is InChI=1S/C26H22BClF2N2O2/c1-14-10-17(28)11-15(2)24(14)32-13-16(5-8-22(32)27)23-25(19-7-6-18(29)12-20(19)30)34-26(31-23)21-4-3-9-33-21/h5-8,10-13,21,27H,3-4,9H2,1-2H3/t21-/m0/s1. The molecule has 0 radical (unpaired) electrons. The second-order valence-corrected chi connectivity index (χ2v) is 8.96. The SMILES string of the molecule is B=C1C=CC(c2nc([C@@H]3CCCO3)oc2-c2ccc(F)cc2F)=CN1c1c(C)cc(Cl)cc1C. The van der Waals surface area contributed by atoms with Crippen LogP contribution in [0, 0.1) is 25.5 Å². The van der Waals surface area contributed by atoms with Gasteiger partial charge in [-0.15, -0.1) is 0 Å². The van der Waals surface area contributed by atoms with Crippen LogP contribution in [0.5, 0.6) is 0 Å². The first-order valence-electron chi connectivity index (χ1n) is 11.0. The van der Waals surface area contributed by atoms with Crippen molar-refractivity contribution in [1.82, 2.24) is 4.98 Å². The van der Waals surface area contributed by atoms with Gasteiger partial charge in [0.1, 0.15) is 0 Å². The third-order valence-corrected chi connectivity index (χ3v) is 6.25. The van der Waals surface area contributed by atoms with E-state index in [1.165, 1.54) is 12.1 Å². The summed E-state index contributed by atoms with van der Waals surface area (Å²) in [5.74, 6) is -0.761. The molecule has 0 unspecified atom stereocenters. The summed E-state index contributed by atoms with van der Waals surface area (Å²) in [6.45, 7) is 4.59. The molecule has 0 saturated carbocycles. The Morgan fingerprint density at radius 1 is 1.12 bits per heavy atom. The number of halogens is 3. The van der Waals surface area contributed by atoms with E-state index in [1.54, 1.807) is 0 Å². The second-order valence-electron chi connectivity index (χ2n) is 8.52. The van der Waals surface area contributed by atoms with Crippen molar-refractivity contribution in [2.24, 2.45) is 0 Å². The van der Waals surface area contributed by atoms with Crippen molar-refractivity contribution in [3.8, 4) is 11.3 Å². The fourth-order valence-electron chi connectivity index (χ4n) is 4.46. The van der Waals surface area contributed by atoms with Gasteiger partial charge in [-0.25, -0.2) is 0 Å². The van der Waals surface area contributed by atoms with Crippen LogP contribution >= 0.6 is 11.6 Å². The van der Waals surface area contributed by atoms with Crippen molar-refractivity contribution in [3.05, 3.63) is 88.1 Å². The molecule has 0 amide bonds. The normalized spacial score (nSPS) is 18.0. The van der Waals surface area contributed by atoms with Gasteiger partial charge in [-0.1, -0.05) is 0 Å². The predicted molar refractivity (Wildman–Crippen MR) is 132 cm³/mol. The van der Waals surface area contributed by atoms with Crippen LogP contribution in [-0.4, -0.2) is 24.7 Å². The van der Waals surface area contributed by atoms with E-state index in [1.807, 2.05) is 49.2 Å². The molecule has 5 rings (SSSR count). The molecule has 4 nitrogen and oxygen atoms in total. The molecule has 1 aromatic heterocycles. The summed E-state index contributed by atoms with van der Waals surface area (Å²) in [6, 6.07) is 7.20. The molecule has 2 aromatic carbocycles. The van der Waals surface area contributed by atoms with Crippen LogP contribution in [0.25, 0.3) is 16.9 Å². The van der Waals surface area contributed by atoms with Crippen molar-refractivity contribution in [2.45, 2.75) is 32.8 Å². The Bertz CT molecular complexity index is 1340. The van der Waals surface area contributed by atoms with Crippen molar-refractivity contribution < 1.29 is 17.9 Å². The maximum absolute atomic E-state index is 14.8. The van der Waals surface area contributed by atoms with Crippen LogP contribution in [0.15, 0.2) is 53.1 Å². The predicted octanol–water partition coefficient (Wildman–Crippen LogP) is 6.19. The maximum atomic E-state index is 14.8. The molecule has 8 heteroatoms. The number of nitrogens with zero attached hydrogens (tertiary/aromatic N) is 2. The summed E-state index contributed by atoms with van der Waals surface area (Å²) in [5, 5.41) is 0.660. The summed E-state index contributed by atoms with van der Waals surface area (Å²) < 4.78 is 40.2. The van der Waals surface area contributed by atoms with Gasteiger partial charge in [0, 0.05) is 0 Å². The Morgan fingerprint density at radius 2 is 1.88 bits per heavy atom. The zero-order valence-corrected chi connectivity index (χ0v) is 19.6. The number of hydrogen-bond donors (Lipinski definition) is 0. The number of hydrogen-bond acceptors (Lipinski definition) is 4. The van der Waals surface area contributed by atoms with Gasteiger partial charge in [0.2, 0.25) is 0 Å². The van der Waals surface area contributed by atoms with Crippen LogP contribution < -0.4 is 4.90 Å². The number of anilines is 1. The van der Waals surface area contributed by atoms with Gasteiger partial charge in [0.25, 0.3) is 0 Å². The summed E-state index contributed by atoms with van der Waals surface area (Å²) in [5.41, 5.74) is 4.98. The summed E-state index contributed by atoms with van der Waals surface area (Å²) in [4.78, 5) is 6.68. The Morgan fingerprint density at radius 3 is 2.56 bits per heavy atom. The minimum atomic E-state index is -0.720. The van der Waals surface area contributed by atoms with E-state index in [4.69, 9.17) is 25.7 Å². The topological polar surface area (TPSA) is 38.5 Å². The molecule has 0 bridgehead atoms. The molecule has 1 fully saturated rings. The third-order valence-electron chi connectivity index (χ3n) is 6.03. The zero-order chi connectivity index (χ0) is 24.0. The average Bonchev–Trinajstić information content (AvgIpc) is 3.44. The van der Waals surface area contributed by atoms with E-state index >= 15 is 0 Å². The van der Waals surface area contributed by atoms with Crippen molar-refractivity contribution >= 4 is 35.9 Å². The molecule has 34 heavy (non-hydrogen) atoms. The average molecular weight is 479 g/mol. The van der Waals surface area contributed by atoms with E-state index in [0.29, 0.717) is 28.8 Å². The zero-order valence-electron chi connectivity index (χ0n) is 18.9. The monoisotopic (exact) mass is 478 g/mol. The Balaban J connectivity index is 1.65.